The van der Waals surface area contributed by atoms with E-state index in [-0.39, 0.29) is 11.9 Å². The Morgan fingerprint density at radius 3 is 2.64 bits per heavy atom. The summed E-state index contributed by atoms with van der Waals surface area (Å²) in [6.07, 6.45) is 7.15. The van der Waals surface area contributed by atoms with Crippen molar-refractivity contribution in [3.05, 3.63) is 47.2 Å². The number of morpholine rings is 1. The molecule has 5 rings (SSSR count). The van der Waals surface area contributed by atoms with Crippen LogP contribution in [0.4, 0.5) is 10.5 Å². The number of unbranched alkanes of at least 4 members (excludes halogenated alkanes) is 2. The van der Waals surface area contributed by atoms with Gasteiger partial charge >= 0.3 is 6.03 Å². The van der Waals surface area contributed by atoms with Crippen molar-refractivity contribution in [2.45, 2.75) is 45.0 Å². The maximum Gasteiger partial charge on any atom is 0.324 e. The minimum Gasteiger partial charge on any atom is -0.493 e. The van der Waals surface area contributed by atoms with E-state index in [0.29, 0.717) is 80.1 Å². The van der Waals surface area contributed by atoms with Crippen molar-refractivity contribution in [3.63, 3.8) is 0 Å². The van der Waals surface area contributed by atoms with Gasteiger partial charge in [0.2, 0.25) is 10.0 Å². The molecule has 0 atom stereocenters. The van der Waals surface area contributed by atoms with Crippen LogP contribution in [-0.4, -0.2) is 86.3 Å². The zero-order valence-electron chi connectivity index (χ0n) is 24.1. The van der Waals surface area contributed by atoms with Crippen LogP contribution in [0.15, 0.2) is 36.7 Å². The standard InChI is InChI=1S/C29H38ClN5O6S/c1-3-4-5-15-41-26-18-23(7-8-25(26)39-2)35-12-6-11-32(29(35)36)19-22-9-10-31-28-27(22)24(30)20-33(28)21-42(37,38)34-13-16-40-17-14-34/h7-10,18,20H,3-6,11-17,19,21H2,1-2H3. The topological polar surface area (TPSA) is 106 Å². The average molecular weight is 620 g/mol. The number of carbonyl (C=O) groups excluding carboxylic acids is 1. The third-order valence-electron chi connectivity index (χ3n) is 7.60. The molecule has 11 nitrogen and oxygen atoms in total. The van der Waals surface area contributed by atoms with Crippen LogP contribution in [0.3, 0.4) is 0 Å². The molecular formula is C29H38ClN5O6S. The number of hydrogen-bond donors (Lipinski definition) is 0. The molecule has 0 bridgehead atoms. The van der Waals surface area contributed by atoms with Crippen molar-refractivity contribution < 1.29 is 27.4 Å². The van der Waals surface area contributed by atoms with Gasteiger partial charge in [-0.3, -0.25) is 4.90 Å². The molecule has 0 saturated carbocycles. The van der Waals surface area contributed by atoms with Crippen LogP contribution in [0.2, 0.25) is 5.02 Å². The summed E-state index contributed by atoms with van der Waals surface area (Å²) in [6.45, 7) is 5.60. The largest absolute Gasteiger partial charge is 0.493 e. The molecule has 0 radical (unpaired) electrons. The molecule has 0 aliphatic carbocycles. The molecule has 2 aliphatic rings. The summed E-state index contributed by atoms with van der Waals surface area (Å²) < 4.78 is 45.9. The molecule has 228 valence electrons. The second-order valence-corrected chi connectivity index (χ2v) is 12.8. The predicted octanol–water partition coefficient (Wildman–Crippen LogP) is 4.72. The highest BCUT2D eigenvalue weighted by Crippen LogP contribution is 2.34. The van der Waals surface area contributed by atoms with Gasteiger partial charge in [0.05, 0.1) is 32.0 Å². The number of amides is 2. The first-order valence-electron chi connectivity index (χ1n) is 14.4. The number of anilines is 1. The van der Waals surface area contributed by atoms with Gasteiger partial charge in [0.15, 0.2) is 11.5 Å². The van der Waals surface area contributed by atoms with E-state index in [0.717, 1.165) is 36.9 Å². The molecule has 2 fully saturated rings. The highest BCUT2D eigenvalue weighted by atomic mass is 35.5. The highest BCUT2D eigenvalue weighted by Gasteiger charge is 2.30. The fraction of sp³-hybridized carbons (Fsp3) is 0.517. The van der Waals surface area contributed by atoms with Gasteiger partial charge in [-0.1, -0.05) is 31.4 Å². The quantitative estimate of drug-likeness (QED) is 0.270. The molecule has 3 aromatic rings. The molecule has 2 aromatic heterocycles. The van der Waals surface area contributed by atoms with E-state index in [9.17, 15) is 13.2 Å². The van der Waals surface area contributed by atoms with E-state index in [2.05, 4.69) is 11.9 Å². The SMILES string of the molecule is CCCCCOc1cc(N2CCCN(Cc3ccnc4c3c(Cl)cn4CS(=O)(=O)N3CCOCC3)C2=O)ccc1OC. The molecule has 4 heterocycles. The monoisotopic (exact) mass is 619 g/mol. The normalized spacial score (nSPS) is 16.8. The molecular weight excluding hydrogens is 582 g/mol. The first kappa shape index (κ1) is 30.4. The zero-order chi connectivity index (χ0) is 29.7. The minimum atomic E-state index is -3.59. The lowest BCUT2D eigenvalue weighted by molar-refractivity contribution is 0.0727. The number of sulfonamides is 1. The van der Waals surface area contributed by atoms with Crippen molar-refractivity contribution in [1.82, 2.24) is 18.8 Å². The number of pyridine rings is 1. The van der Waals surface area contributed by atoms with Crippen molar-refractivity contribution in [2.24, 2.45) is 0 Å². The Morgan fingerprint density at radius 2 is 1.88 bits per heavy atom. The fourth-order valence-electron chi connectivity index (χ4n) is 5.40. The summed E-state index contributed by atoms with van der Waals surface area (Å²) in [5.74, 6) is 0.973. The number of halogens is 1. The average Bonchev–Trinajstić information content (AvgIpc) is 3.31. The first-order valence-corrected chi connectivity index (χ1v) is 16.4. The van der Waals surface area contributed by atoms with E-state index in [1.54, 1.807) is 33.9 Å². The Morgan fingerprint density at radius 1 is 1.07 bits per heavy atom. The number of methoxy groups -OCH3 is 1. The molecule has 13 heteroatoms. The van der Waals surface area contributed by atoms with Crippen molar-refractivity contribution >= 4 is 44.4 Å². The van der Waals surface area contributed by atoms with Gasteiger partial charge in [-0.15, -0.1) is 0 Å². The van der Waals surface area contributed by atoms with Gasteiger partial charge < -0.3 is 23.7 Å². The maximum absolute atomic E-state index is 13.7. The second-order valence-electron chi connectivity index (χ2n) is 10.5. The van der Waals surface area contributed by atoms with Gasteiger partial charge in [-0.25, -0.2) is 18.2 Å². The van der Waals surface area contributed by atoms with Crippen molar-refractivity contribution in [2.75, 3.05) is 58.0 Å². The first-order chi connectivity index (χ1) is 20.3. The lowest BCUT2D eigenvalue weighted by Crippen LogP contribution is -2.49. The zero-order valence-corrected chi connectivity index (χ0v) is 25.7. The van der Waals surface area contributed by atoms with E-state index in [4.69, 9.17) is 25.8 Å². The predicted molar refractivity (Wildman–Crippen MR) is 162 cm³/mol. The van der Waals surface area contributed by atoms with Crippen LogP contribution >= 0.6 is 11.6 Å². The number of nitrogens with zero attached hydrogens (tertiary/aromatic N) is 5. The number of ether oxygens (including phenoxy) is 3. The van der Waals surface area contributed by atoms with E-state index >= 15 is 0 Å². The summed E-state index contributed by atoms with van der Waals surface area (Å²) in [6, 6.07) is 7.27. The Bertz CT molecular complexity index is 1510. The maximum atomic E-state index is 13.7. The summed E-state index contributed by atoms with van der Waals surface area (Å²) in [7, 11) is -1.99. The van der Waals surface area contributed by atoms with Gasteiger partial charge in [0.1, 0.15) is 11.5 Å². The molecule has 0 spiro atoms. The summed E-state index contributed by atoms with van der Waals surface area (Å²) in [5.41, 5.74) is 2.02. The number of urea groups is 1. The second kappa shape index (κ2) is 13.5. The minimum absolute atomic E-state index is 0.126. The Labute approximate surface area is 251 Å². The summed E-state index contributed by atoms with van der Waals surface area (Å²) in [5, 5.41) is 1.04. The number of benzene rings is 1. The number of rotatable bonds is 12. The fourth-order valence-corrected chi connectivity index (χ4v) is 7.14. The van der Waals surface area contributed by atoms with E-state index in [1.165, 1.54) is 4.31 Å². The molecule has 2 amide bonds. The number of fused-ring (bicyclic) bond motifs is 1. The Hall–Kier alpha value is -3.06. The van der Waals surface area contributed by atoms with Crippen LogP contribution < -0.4 is 14.4 Å². The third kappa shape index (κ3) is 6.61. The van der Waals surface area contributed by atoms with Crippen molar-refractivity contribution in [1.29, 1.82) is 0 Å². The molecule has 0 N–H and O–H groups in total. The van der Waals surface area contributed by atoms with E-state index < -0.39 is 10.0 Å². The molecule has 1 aromatic carbocycles. The lowest BCUT2D eigenvalue weighted by Gasteiger charge is -2.36. The smallest absolute Gasteiger partial charge is 0.324 e. The van der Waals surface area contributed by atoms with E-state index in [1.807, 2.05) is 24.3 Å². The Kier molecular flexibility index (Phi) is 9.77. The van der Waals surface area contributed by atoms with Gasteiger partial charge in [-0.05, 0) is 36.6 Å². The molecule has 2 aliphatic heterocycles. The van der Waals surface area contributed by atoms with Crippen LogP contribution in [-0.2, 0) is 27.2 Å². The molecule has 42 heavy (non-hydrogen) atoms. The number of carbonyl (C=O) groups is 1. The van der Waals surface area contributed by atoms with Crippen LogP contribution in [0.5, 0.6) is 11.5 Å². The van der Waals surface area contributed by atoms with Gasteiger partial charge in [-0.2, -0.15) is 4.31 Å². The number of hydrogen-bond acceptors (Lipinski definition) is 7. The van der Waals surface area contributed by atoms with Gasteiger partial charge in [0.25, 0.3) is 0 Å². The van der Waals surface area contributed by atoms with Crippen LogP contribution in [0.25, 0.3) is 11.0 Å². The van der Waals surface area contributed by atoms with Crippen LogP contribution in [0, 0.1) is 0 Å². The van der Waals surface area contributed by atoms with Crippen molar-refractivity contribution in [3.8, 4) is 11.5 Å². The Balaban J connectivity index is 1.35. The van der Waals surface area contributed by atoms with Gasteiger partial charge in [0, 0.05) is 62.3 Å². The summed E-state index contributed by atoms with van der Waals surface area (Å²) >= 11 is 6.65. The number of aromatic nitrogens is 2. The summed E-state index contributed by atoms with van der Waals surface area (Å²) in [4.78, 5) is 21.7. The third-order valence-corrected chi connectivity index (χ3v) is 9.64. The van der Waals surface area contributed by atoms with Crippen LogP contribution in [0.1, 0.15) is 38.2 Å². The highest BCUT2D eigenvalue weighted by molar-refractivity contribution is 7.88. The molecule has 2 saturated heterocycles. The lowest BCUT2D eigenvalue weighted by atomic mass is 10.1. The molecule has 0 unspecified atom stereocenters.